The van der Waals surface area contributed by atoms with Gasteiger partial charge in [-0.25, -0.2) is 0 Å². The van der Waals surface area contributed by atoms with Crippen molar-refractivity contribution in [1.29, 1.82) is 0 Å². The summed E-state index contributed by atoms with van der Waals surface area (Å²) in [6.07, 6.45) is 3.27. The predicted octanol–water partition coefficient (Wildman–Crippen LogP) is 7.86. The fourth-order valence-electron chi connectivity index (χ4n) is 6.46. The molecule has 4 aromatic carbocycles. The summed E-state index contributed by atoms with van der Waals surface area (Å²) < 4.78 is 22.7. The summed E-state index contributed by atoms with van der Waals surface area (Å²) >= 11 is 0. The van der Waals surface area contributed by atoms with Crippen molar-refractivity contribution in [2.45, 2.75) is 84.5 Å². The Balaban J connectivity index is 1.09. The molecule has 2 aliphatic rings. The van der Waals surface area contributed by atoms with Gasteiger partial charge in [-0.05, 0) is 80.0 Å². The molecule has 0 fully saturated rings. The van der Waals surface area contributed by atoms with Crippen LogP contribution in [0.5, 0.6) is 23.0 Å². The summed E-state index contributed by atoms with van der Waals surface area (Å²) in [5.74, 6) is -1.43. The number of hydrogen-bond donors (Lipinski definition) is 0. The monoisotopic (exact) mass is 660 g/mol. The first-order valence-corrected chi connectivity index (χ1v) is 17.0. The van der Waals surface area contributed by atoms with Crippen molar-refractivity contribution in [3.05, 3.63) is 117 Å². The van der Waals surface area contributed by atoms with Gasteiger partial charge in [0.2, 0.25) is 0 Å². The number of hydrogen-bond acceptors (Lipinski definition) is 8. The Bertz CT molecular complexity index is 1940. The van der Waals surface area contributed by atoms with Crippen LogP contribution in [0.2, 0.25) is 0 Å². The van der Waals surface area contributed by atoms with Crippen molar-refractivity contribution in [2.75, 3.05) is 0 Å². The first-order valence-electron chi connectivity index (χ1n) is 17.0. The van der Waals surface area contributed by atoms with E-state index in [-0.39, 0.29) is 12.8 Å². The smallest absolute Gasteiger partial charge is 0.323 e. The molecule has 8 heteroatoms. The molecule has 2 unspecified atom stereocenters. The zero-order valence-corrected chi connectivity index (χ0v) is 28.3. The lowest BCUT2D eigenvalue weighted by molar-refractivity contribution is -0.137. The summed E-state index contributed by atoms with van der Waals surface area (Å²) in [7, 11) is 0. The zero-order chi connectivity index (χ0) is 34.7. The predicted molar refractivity (Wildman–Crippen MR) is 183 cm³/mol. The largest absolute Gasteiger partial charge is 0.426 e. The van der Waals surface area contributed by atoms with E-state index >= 15 is 0 Å². The van der Waals surface area contributed by atoms with Crippen LogP contribution < -0.4 is 18.9 Å². The minimum Gasteiger partial charge on any atom is -0.426 e. The standard InChI is InChI=1S/C41H40O8/c1-5-25-13-17-32(29(21-25)38-28-20-24(4)12-16-34(28)48-40(38)44)46-36(42)10-8-9-11-37(43)47-33-18-14-26(6-2)22-30(33)39-31-23-27(7-3)15-19-35(31)49-41(39)45/h12-23,38-39H,5-11H2,1-4H3. The van der Waals surface area contributed by atoms with Gasteiger partial charge in [0.05, 0.1) is 0 Å². The maximum absolute atomic E-state index is 13.1. The number of rotatable bonds is 12. The average Bonchev–Trinajstić information content (AvgIpc) is 3.60. The lowest BCUT2D eigenvalue weighted by Gasteiger charge is -2.16. The lowest BCUT2D eigenvalue weighted by Crippen LogP contribution is -2.16. The Labute approximate surface area is 286 Å². The van der Waals surface area contributed by atoms with Crippen LogP contribution in [-0.2, 0) is 38.4 Å². The van der Waals surface area contributed by atoms with E-state index in [9.17, 15) is 19.2 Å². The van der Waals surface area contributed by atoms with E-state index in [1.165, 1.54) is 0 Å². The van der Waals surface area contributed by atoms with E-state index < -0.39 is 35.7 Å². The molecule has 4 aromatic rings. The normalized spacial score (nSPS) is 16.1. The van der Waals surface area contributed by atoms with E-state index in [1.807, 2.05) is 82.3 Å². The first kappa shape index (κ1) is 33.7. The number of esters is 4. The molecule has 252 valence electrons. The molecule has 0 spiro atoms. The van der Waals surface area contributed by atoms with E-state index in [4.69, 9.17) is 18.9 Å². The van der Waals surface area contributed by atoms with Crippen LogP contribution in [0, 0.1) is 6.92 Å². The van der Waals surface area contributed by atoms with Crippen LogP contribution in [0.15, 0.2) is 72.8 Å². The van der Waals surface area contributed by atoms with Crippen molar-refractivity contribution >= 4 is 23.9 Å². The molecular formula is C41H40O8. The Kier molecular flexibility index (Phi) is 9.95. The fourth-order valence-corrected chi connectivity index (χ4v) is 6.46. The molecule has 2 atom stereocenters. The Morgan fingerprint density at radius 3 is 1.45 bits per heavy atom. The quantitative estimate of drug-likeness (QED) is 0.0860. The van der Waals surface area contributed by atoms with Crippen LogP contribution in [-0.4, -0.2) is 23.9 Å². The highest BCUT2D eigenvalue weighted by atomic mass is 16.6. The van der Waals surface area contributed by atoms with Gasteiger partial charge in [0, 0.05) is 35.1 Å². The Hall–Kier alpha value is -5.24. The van der Waals surface area contributed by atoms with Gasteiger partial charge in [0.1, 0.15) is 34.8 Å². The molecule has 0 saturated carbocycles. The third-order valence-electron chi connectivity index (χ3n) is 9.21. The maximum atomic E-state index is 13.1. The lowest BCUT2D eigenvalue weighted by atomic mass is 9.89. The molecule has 6 rings (SSSR count). The number of benzene rings is 4. The van der Waals surface area contributed by atoms with E-state index in [1.54, 1.807) is 18.2 Å². The highest BCUT2D eigenvalue weighted by molar-refractivity contribution is 5.91. The van der Waals surface area contributed by atoms with E-state index in [2.05, 4.69) is 0 Å². The van der Waals surface area contributed by atoms with Gasteiger partial charge in [-0.15, -0.1) is 0 Å². The molecule has 0 aliphatic carbocycles. The Morgan fingerprint density at radius 2 is 0.980 bits per heavy atom. The molecule has 0 radical (unpaired) electrons. The number of ether oxygens (including phenoxy) is 4. The van der Waals surface area contributed by atoms with Gasteiger partial charge in [0.15, 0.2) is 0 Å². The molecule has 8 nitrogen and oxygen atoms in total. The second-order valence-corrected chi connectivity index (χ2v) is 12.6. The second-order valence-electron chi connectivity index (χ2n) is 12.6. The fraction of sp³-hybridized carbons (Fsp3) is 0.317. The van der Waals surface area contributed by atoms with Gasteiger partial charge < -0.3 is 18.9 Å². The molecule has 0 aromatic heterocycles. The molecule has 0 bridgehead atoms. The third kappa shape index (κ3) is 7.14. The van der Waals surface area contributed by atoms with Gasteiger partial charge in [-0.2, -0.15) is 0 Å². The first-order chi connectivity index (χ1) is 23.7. The molecule has 49 heavy (non-hydrogen) atoms. The van der Waals surface area contributed by atoms with Crippen molar-refractivity contribution in [3.63, 3.8) is 0 Å². The summed E-state index contributed by atoms with van der Waals surface area (Å²) in [5.41, 5.74) is 6.81. The van der Waals surface area contributed by atoms with Gasteiger partial charge in [0.25, 0.3) is 0 Å². The molecule has 0 amide bonds. The number of aryl methyl sites for hydroxylation is 4. The van der Waals surface area contributed by atoms with Crippen molar-refractivity contribution < 1.29 is 38.1 Å². The topological polar surface area (TPSA) is 105 Å². The Morgan fingerprint density at radius 1 is 0.571 bits per heavy atom. The highest BCUT2D eigenvalue weighted by Crippen LogP contribution is 2.44. The van der Waals surface area contributed by atoms with Crippen LogP contribution in [0.3, 0.4) is 0 Å². The number of unbranched alkanes of at least 4 members (excludes halogenated alkanes) is 1. The van der Waals surface area contributed by atoms with Gasteiger partial charge >= 0.3 is 23.9 Å². The molecule has 2 heterocycles. The number of carbonyl (C=O) groups excluding carboxylic acids is 4. The van der Waals surface area contributed by atoms with E-state index in [0.717, 1.165) is 52.6 Å². The van der Waals surface area contributed by atoms with Crippen LogP contribution in [0.1, 0.15) is 103 Å². The molecule has 0 saturated heterocycles. The van der Waals surface area contributed by atoms with Crippen molar-refractivity contribution in [1.82, 2.24) is 0 Å². The zero-order valence-electron chi connectivity index (χ0n) is 28.3. The van der Waals surface area contributed by atoms with Gasteiger partial charge in [-0.3, -0.25) is 19.2 Å². The second kappa shape index (κ2) is 14.5. The summed E-state index contributed by atoms with van der Waals surface area (Å²) in [4.78, 5) is 52.0. The molecule has 0 N–H and O–H groups in total. The van der Waals surface area contributed by atoms with Crippen LogP contribution in [0.25, 0.3) is 0 Å². The number of carbonyl (C=O) groups is 4. The molecular weight excluding hydrogens is 620 g/mol. The molecule has 2 aliphatic heterocycles. The third-order valence-corrected chi connectivity index (χ3v) is 9.21. The minimum atomic E-state index is -0.691. The maximum Gasteiger partial charge on any atom is 0.323 e. The summed E-state index contributed by atoms with van der Waals surface area (Å²) in [6.45, 7) is 8.04. The van der Waals surface area contributed by atoms with Crippen LogP contribution in [0.4, 0.5) is 0 Å². The van der Waals surface area contributed by atoms with Crippen molar-refractivity contribution in [2.24, 2.45) is 0 Å². The van der Waals surface area contributed by atoms with Crippen molar-refractivity contribution in [3.8, 4) is 23.0 Å². The summed E-state index contributed by atoms with van der Waals surface area (Å²) in [5, 5.41) is 0. The number of fused-ring (bicyclic) bond motifs is 2. The highest BCUT2D eigenvalue weighted by Gasteiger charge is 2.38. The van der Waals surface area contributed by atoms with E-state index in [0.29, 0.717) is 47.0 Å². The van der Waals surface area contributed by atoms with Gasteiger partial charge in [-0.1, -0.05) is 74.9 Å². The SMILES string of the molecule is CCc1ccc(OC(=O)CCCCC(=O)Oc2ccc(CC)cc2C2C(=O)Oc3ccc(CC)cc32)c(C2C(=O)Oc3ccc(C)cc32)c1. The average molecular weight is 661 g/mol. The minimum absolute atomic E-state index is 0.0773. The van der Waals surface area contributed by atoms with Crippen LogP contribution >= 0.6 is 0 Å². The summed E-state index contributed by atoms with van der Waals surface area (Å²) in [6, 6.07) is 22.4.